The van der Waals surface area contributed by atoms with Gasteiger partial charge in [-0.25, -0.2) is 0 Å². The lowest BCUT2D eigenvalue weighted by molar-refractivity contribution is -0.151. The fraction of sp³-hybridized carbons (Fsp3) is 0.782. The first-order valence-electron chi connectivity index (χ1n) is 26.1. The molecule has 354 valence electrons. The van der Waals surface area contributed by atoms with Crippen molar-refractivity contribution in [2.75, 3.05) is 6.61 Å². The number of aliphatic hydroxyl groups is 2. The normalized spacial score (nSPS) is 13.7. The average Bonchev–Trinajstić information content (AvgIpc) is 3.25. The number of carbonyl (C=O) groups excluding carboxylic acids is 2. The van der Waals surface area contributed by atoms with Crippen molar-refractivity contribution in [1.29, 1.82) is 0 Å². The van der Waals surface area contributed by atoms with Crippen LogP contribution in [0.3, 0.4) is 0 Å². The topological polar surface area (TPSA) is 95.9 Å². The lowest BCUT2D eigenvalue weighted by Gasteiger charge is -2.24. The van der Waals surface area contributed by atoms with Crippen LogP contribution >= 0.6 is 0 Å². The predicted octanol–water partition coefficient (Wildman–Crippen LogP) is 15.6. The highest BCUT2D eigenvalue weighted by atomic mass is 16.5. The molecule has 0 aromatic carbocycles. The Kier molecular flexibility index (Phi) is 46.6. The van der Waals surface area contributed by atoms with Crippen LogP contribution in [0.15, 0.2) is 60.8 Å². The Morgan fingerprint density at radius 3 is 1.43 bits per heavy atom. The van der Waals surface area contributed by atoms with Crippen LogP contribution in [0.1, 0.15) is 252 Å². The van der Waals surface area contributed by atoms with Crippen LogP contribution in [0.2, 0.25) is 0 Å². The molecule has 0 heterocycles. The van der Waals surface area contributed by atoms with Gasteiger partial charge in [-0.05, 0) is 70.6 Å². The minimum Gasteiger partial charge on any atom is -0.462 e. The van der Waals surface area contributed by atoms with Crippen molar-refractivity contribution < 1.29 is 24.5 Å². The molecule has 0 aliphatic carbocycles. The van der Waals surface area contributed by atoms with Gasteiger partial charge in [0.25, 0.3) is 0 Å². The fourth-order valence-corrected chi connectivity index (χ4v) is 7.68. The molecule has 0 saturated carbocycles. The molecule has 0 bridgehead atoms. The average molecular weight is 854 g/mol. The Balaban J connectivity index is 4.45. The zero-order valence-corrected chi connectivity index (χ0v) is 40.3. The molecule has 61 heavy (non-hydrogen) atoms. The van der Waals surface area contributed by atoms with Gasteiger partial charge in [-0.2, -0.15) is 0 Å². The molecule has 0 aliphatic heterocycles. The molecule has 0 saturated heterocycles. The van der Waals surface area contributed by atoms with Crippen molar-refractivity contribution in [3.63, 3.8) is 0 Å². The Hall–Kier alpha value is -2.44. The number of carbonyl (C=O) groups is 2. The molecule has 6 heteroatoms. The summed E-state index contributed by atoms with van der Waals surface area (Å²) in [5, 5.41) is 23.7. The second kappa shape index (κ2) is 48.6. The first-order chi connectivity index (χ1) is 30.0. The van der Waals surface area contributed by atoms with Crippen molar-refractivity contribution in [3.8, 4) is 0 Å². The van der Waals surface area contributed by atoms with Crippen LogP contribution in [0.25, 0.3) is 0 Å². The summed E-state index contributed by atoms with van der Waals surface area (Å²) in [5.41, 5.74) is 0. The third-order valence-corrected chi connectivity index (χ3v) is 11.6. The summed E-state index contributed by atoms with van der Waals surface area (Å²) in [6, 6.07) is -0.711. The highest BCUT2D eigenvalue weighted by molar-refractivity contribution is 5.77. The smallest absolute Gasteiger partial charge is 0.306 e. The van der Waals surface area contributed by atoms with Gasteiger partial charge in [-0.1, -0.05) is 229 Å². The fourth-order valence-electron chi connectivity index (χ4n) is 7.68. The molecule has 1 amide bonds. The van der Waals surface area contributed by atoms with E-state index in [4.69, 9.17) is 4.74 Å². The van der Waals surface area contributed by atoms with Gasteiger partial charge in [0.15, 0.2) is 0 Å². The molecule has 0 aromatic heterocycles. The monoisotopic (exact) mass is 854 g/mol. The summed E-state index contributed by atoms with van der Waals surface area (Å²) in [5.74, 6) is -0.519. The number of esters is 1. The van der Waals surface area contributed by atoms with Crippen molar-refractivity contribution in [2.24, 2.45) is 0 Å². The summed E-state index contributed by atoms with van der Waals surface area (Å²) in [4.78, 5) is 26.0. The zero-order chi connectivity index (χ0) is 44.5. The highest BCUT2D eigenvalue weighted by Gasteiger charge is 2.24. The maximum atomic E-state index is 13.2. The number of ether oxygens (including phenoxy) is 1. The van der Waals surface area contributed by atoms with E-state index >= 15 is 0 Å². The summed E-state index contributed by atoms with van der Waals surface area (Å²) in [6.07, 6.45) is 60.0. The lowest BCUT2D eigenvalue weighted by atomic mass is 10.0. The first kappa shape index (κ1) is 58.6. The number of unbranched alkanes of at least 4 members (excludes halogenated alkanes) is 27. The predicted molar refractivity (Wildman–Crippen MR) is 264 cm³/mol. The van der Waals surface area contributed by atoms with E-state index in [-0.39, 0.29) is 24.9 Å². The van der Waals surface area contributed by atoms with E-state index in [0.29, 0.717) is 19.3 Å². The molecular weight excluding hydrogens is 755 g/mol. The molecule has 0 spiro atoms. The standard InChI is InChI=1S/C55H99NO5/c1-4-7-10-13-16-19-21-23-25-27-28-30-32-34-36-39-42-45-48-55(60)61-51(46-43-40-37-18-15-12-9-6-3)49-54(59)56-52(50-57)53(58)47-44-41-38-35-33-31-29-26-24-22-20-17-14-11-8-5-2/h12,15-16,19,21,23,25,27-28,30,51-53,57-58H,4-11,13-14,17-18,20,22,24,26,29,31-50H2,1-3H3,(H,56,59)/b15-12-,19-16+,23-21+,27-25+,30-28+. The summed E-state index contributed by atoms with van der Waals surface area (Å²) < 4.78 is 5.89. The van der Waals surface area contributed by atoms with Gasteiger partial charge in [-0.15, -0.1) is 0 Å². The maximum Gasteiger partial charge on any atom is 0.306 e. The van der Waals surface area contributed by atoms with Crippen molar-refractivity contribution in [3.05, 3.63) is 60.8 Å². The summed E-state index contributed by atoms with van der Waals surface area (Å²) in [7, 11) is 0. The second-order valence-corrected chi connectivity index (χ2v) is 17.7. The number of amides is 1. The van der Waals surface area contributed by atoms with Gasteiger partial charge in [-0.3, -0.25) is 9.59 Å². The van der Waals surface area contributed by atoms with E-state index in [2.05, 4.69) is 86.8 Å². The summed E-state index contributed by atoms with van der Waals surface area (Å²) >= 11 is 0. The van der Waals surface area contributed by atoms with Gasteiger partial charge in [0.2, 0.25) is 5.91 Å². The highest BCUT2D eigenvalue weighted by Crippen LogP contribution is 2.17. The summed E-state index contributed by atoms with van der Waals surface area (Å²) in [6.45, 7) is 6.37. The number of rotatable bonds is 46. The van der Waals surface area contributed by atoms with Crippen molar-refractivity contribution >= 4 is 11.9 Å². The largest absolute Gasteiger partial charge is 0.462 e. The van der Waals surface area contributed by atoms with Crippen LogP contribution in [0, 0.1) is 0 Å². The molecule has 0 radical (unpaired) electrons. The van der Waals surface area contributed by atoms with Gasteiger partial charge in [0.1, 0.15) is 6.10 Å². The quantitative estimate of drug-likeness (QED) is 0.0245. The van der Waals surface area contributed by atoms with Crippen LogP contribution in [0.4, 0.5) is 0 Å². The molecule has 0 rings (SSSR count). The van der Waals surface area contributed by atoms with E-state index in [1.54, 1.807) is 0 Å². The van der Waals surface area contributed by atoms with E-state index in [1.807, 2.05) is 0 Å². The number of hydrogen-bond acceptors (Lipinski definition) is 5. The minimum atomic E-state index is -0.796. The Morgan fingerprint density at radius 1 is 0.475 bits per heavy atom. The Bertz CT molecular complexity index is 1090. The molecule has 0 aliphatic rings. The van der Waals surface area contributed by atoms with Crippen molar-refractivity contribution in [1.82, 2.24) is 5.32 Å². The molecule has 6 nitrogen and oxygen atoms in total. The van der Waals surface area contributed by atoms with Gasteiger partial charge in [0, 0.05) is 6.42 Å². The number of allylic oxidation sites excluding steroid dienone is 10. The van der Waals surface area contributed by atoms with Crippen LogP contribution in [-0.2, 0) is 14.3 Å². The van der Waals surface area contributed by atoms with E-state index in [0.717, 1.165) is 103 Å². The lowest BCUT2D eigenvalue weighted by Crippen LogP contribution is -2.46. The third-order valence-electron chi connectivity index (χ3n) is 11.6. The number of hydrogen-bond donors (Lipinski definition) is 3. The SMILES string of the molecule is CCC/C=C\CCCCCC(CC(=O)NC(CO)C(O)CCCCCCCCCCCCCCCCCC)OC(=O)CCCCCCC/C=C/C=C/C=C/C=C/CCCCC. The van der Waals surface area contributed by atoms with E-state index < -0.39 is 18.2 Å². The van der Waals surface area contributed by atoms with E-state index in [9.17, 15) is 19.8 Å². The van der Waals surface area contributed by atoms with Crippen LogP contribution in [0.5, 0.6) is 0 Å². The molecule has 3 N–H and O–H groups in total. The van der Waals surface area contributed by atoms with Gasteiger partial charge >= 0.3 is 5.97 Å². The van der Waals surface area contributed by atoms with E-state index in [1.165, 1.54) is 103 Å². The van der Waals surface area contributed by atoms with Gasteiger partial charge < -0.3 is 20.3 Å². The molecule has 0 fully saturated rings. The zero-order valence-electron chi connectivity index (χ0n) is 40.3. The van der Waals surface area contributed by atoms with Crippen molar-refractivity contribution in [2.45, 2.75) is 270 Å². The maximum absolute atomic E-state index is 13.2. The second-order valence-electron chi connectivity index (χ2n) is 17.7. The Labute approximate surface area is 378 Å². The molecular formula is C55H99NO5. The minimum absolute atomic E-state index is 0.0551. The molecule has 3 unspecified atom stereocenters. The van der Waals surface area contributed by atoms with Crippen LogP contribution in [-0.4, -0.2) is 46.9 Å². The Morgan fingerprint density at radius 2 is 0.885 bits per heavy atom. The molecule has 0 aromatic rings. The van der Waals surface area contributed by atoms with Crippen LogP contribution < -0.4 is 5.32 Å². The van der Waals surface area contributed by atoms with Gasteiger partial charge in [0.05, 0.1) is 25.2 Å². The first-order valence-corrected chi connectivity index (χ1v) is 26.1. The number of aliphatic hydroxyl groups excluding tert-OH is 2. The molecule has 3 atom stereocenters. The third kappa shape index (κ3) is 44.0. The number of nitrogens with one attached hydrogen (secondary N) is 1.